The molecule has 2 aromatic rings. The first kappa shape index (κ1) is 13.8. The lowest BCUT2D eigenvalue weighted by molar-refractivity contribution is 0.397. The van der Waals surface area contributed by atoms with Crippen molar-refractivity contribution in [1.29, 1.82) is 0 Å². The maximum absolute atomic E-state index is 12.8. The molecule has 0 radical (unpaired) electrons. The molecule has 0 aliphatic carbocycles. The number of furan rings is 1. The van der Waals surface area contributed by atoms with Crippen LogP contribution in [0.15, 0.2) is 45.7 Å². The van der Waals surface area contributed by atoms with Crippen LogP contribution in [0.3, 0.4) is 0 Å². The van der Waals surface area contributed by atoms with Gasteiger partial charge in [0.2, 0.25) is 10.0 Å². The number of rotatable bonds is 4. The summed E-state index contributed by atoms with van der Waals surface area (Å²) in [6.45, 7) is 1.92. The summed E-state index contributed by atoms with van der Waals surface area (Å²) >= 11 is 0. The molecule has 0 atom stereocenters. The Morgan fingerprint density at radius 2 is 1.79 bits per heavy atom. The van der Waals surface area contributed by atoms with E-state index in [1.54, 1.807) is 19.1 Å². The molecule has 19 heavy (non-hydrogen) atoms. The predicted octanol–water partition coefficient (Wildman–Crippen LogP) is 2.55. The Balaban J connectivity index is 2.21. The van der Waals surface area contributed by atoms with Crippen LogP contribution in [-0.2, 0) is 16.6 Å². The van der Waals surface area contributed by atoms with Crippen molar-refractivity contribution in [3.05, 3.63) is 53.7 Å². The van der Waals surface area contributed by atoms with Gasteiger partial charge in [-0.3, -0.25) is 0 Å². The lowest BCUT2D eigenvalue weighted by atomic mass is 10.4. The highest BCUT2D eigenvalue weighted by Crippen LogP contribution is 2.18. The average Bonchev–Trinajstić information content (AvgIpc) is 2.75. The minimum absolute atomic E-state index is 0.0553. The van der Waals surface area contributed by atoms with E-state index >= 15 is 0 Å². The van der Waals surface area contributed by atoms with Crippen LogP contribution in [0.4, 0.5) is 4.39 Å². The summed E-state index contributed by atoms with van der Waals surface area (Å²) in [6, 6.07) is 8.23. The fraction of sp³-hybridized carbons (Fsp3) is 0.231. The number of hydrogen-bond donors (Lipinski definition) is 0. The lowest BCUT2D eigenvalue weighted by Gasteiger charge is -2.15. The summed E-state index contributed by atoms with van der Waals surface area (Å²) in [4.78, 5) is 0.0553. The zero-order valence-electron chi connectivity index (χ0n) is 10.6. The number of aryl methyl sites for hydroxylation is 1. The van der Waals surface area contributed by atoms with Gasteiger partial charge in [0, 0.05) is 7.05 Å². The molecule has 102 valence electrons. The molecular weight excluding hydrogens is 269 g/mol. The highest BCUT2D eigenvalue weighted by molar-refractivity contribution is 7.89. The van der Waals surface area contributed by atoms with Crippen LogP contribution < -0.4 is 0 Å². The van der Waals surface area contributed by atoms with Crippen LogP contribution in [0.2, 0.25) is 0 Å². The van der Waals surface area contributed by atoms with Crippen LogP contribution in [-0.4, -0.2) is 19.8 Å². The summed E-state index contributed by atoms with van der Waals surface area (Å²) in [7, 11) is -2.18. The van der Waals surface area contributed by atoms with Crippen molar-refractivity contribution in [3.8, 4) is 0 Å². The summed E-state index contributed by atoms with van der Waals surface area (Å²) in [6.07, 6.45) is 0. The molecule has 1 aromatic heterocycles. The van der Waals surface area contributed by atoms with Gasteiger partial charge in [-0.15, -0.1) is 0 Å². The maximum Gasteiger partial charge on any atom is 0.243 e. The minimum Gasteiger partial charge on any atom is -0.465 e. The SMILES string of the molecule is Cc1ccc(CN(C)S(=O)(=O)c2ccc(F)cc2)o1. The van der Waals surface area contributed by atoms with E-state index in [1.165, 1.54) is 23.5 Å². The van der Waals surface area contributed by atoms with Gasteiger partial charge in [-0.2, -0.15) is 4.31 Å². The Bertz CT molecular complexity index is 661. The van der Waals surface area contributed by atoms with Crippen LogP contribution in [0.5, 0.6) is 0 Å². The van der Waals surface area contributed by atoms with Crippen LogP contribution >= 0.6 is 0 Å². The van der Waals surface area contributed by atoms with Gasteiger partial charge in [-0.05, 0) is 43.3 Å². The highest BCUT2D eigenvalue weighted by atomic mass is 32.2. The van der Waals surface area contributed by atoms with Gasteiger partial charge in [0.1, 0.15) is 17.3 Å². The number of nitrogens with zero attached hydrogens (tertiary/aromatic N) is 1. The fourth-order valence-electron chi connectivity index (χ4n) is 1.66. The third-order valence-corrected chi connectivity index (χ3v) is 4.51. The fourth-order valence-corrected chi connectivity index (χ4v) is 2.80. The molecule has 4 nitrogen and oxygen atoms in total. The molecule has 0 saturated heterocycles. The second kappa shape index (κ2) is 5.14. The standard InChI is InChI=1S/C13H14FNO3S/c1-10-3-6-12(18-10)9-15(2)19(16,17)13-7-4-11(14)5-8-13/h3-8H,9H2,1-2H3. The van der Waals surface area contributed by atoms with Gasteiger partial charge in [-0.25, -0.2) is 12.8 Å². The molecule has 0 unspecified atom stereocenters. The first-order chi connectivity index (χ1) is 8.89. The normalized spacial score (nSPS) is 12.0. The lowest BCUT2D eigenvalue weighted by Crippen LogP contribution is -2.26. The van der Waals surface area contributed by atoms with Crippen molar-refractivity contribution in [2.45, 2.75) is 18.4 Å². The van der Waals surface area contributed by atoms with Gasteiger partial charge in [0.25, 0.3) is 0 Å². The second-order valence-corrected chi connectivity index (χ2v) is 6.27. The molecule has 1 heterocycles. The van der Waals surface area contributed by atoms with E-state index in [4.69, 9.17) is 4.42 Å². The third kappa shape index (κ3) is 3.02. The van der Waals surface area contributed by atoms with Gasteiger partial charge in [-0.1, -0.05) is 0 Å². The van der Waals surface area contributed by atoms with Crippen molar-refractivity contribution in [2.75, 3.05) is 7.05 Å². The van der Waals surface area contributed by atoms with Crippen LogP contribution in [0, 0.1) is 12.7 Å². The Morgan fingerprint density at radius 1 is 1.16 bits per heavy atom. The topological polar surface area (TPSA) is 50.5 Å². The number of halogens is 1. The van der Waals surface area contributed by atoms with Crippen LogP contribution in [0.25, 0.3) is 0 Å². The van der Waals surface area contributed by atoms with Gasteiger partial charge >= 0.3 is 0 Å². The van der Waals surface area contributed by atoms with Gasteiger partial charge in [0.05, 0.1) is 11.4 Å². The van der Waals surface area contributed by atoms with E-state index in [2.05, 4.69) is 0 Å². The molecule has 6 heteroatoms. The van der Waals surface area contributed by atoms with Crippen molar-refractivity contribution < 1.29 is 17.2 Å². The Kier molecular flexibility index (Phi) is 3.73. The quantitative estimate of drug-likeness (QED) is 0.866. The first-order valence-electron chi connectivity index (χ1n) is 5.67. The molecule has 0 fully saturated rings. The Labute approximate surface area is 111 Å². The largest absolute Gasteiger partial charge is 0.465 e. The molecule has 0 N–H and O–H groups in total. The van der Waals surface area contributed by atoms with E-state index in [-0.39, 0.29) is 11.4 Å². The highest BCUT2D eigenvalue weighted by Gasteiger charge is 2.21. The van der Waals surface area contributed by atoms with E-state index in [0.29, 0.717) is 5.76 Å². The average molecular weight is 283 g/mol. The second-order valence-electron chi connectivity index (χ2n) is 4.23. The summed E-state index contributed by atoms with van der Waals surface area (Å²) in [5, 5.41) is 0. The van der Waals surface area contributed by atoms with Crippen molar-refractivity contribution >= 4 is 10.0 Å². The van der Waals surface area contributed by atoms with Crippen molar-refractivity contribution in [3.63, 3.8) is 0 Å². The van der Waals surface area contributed by atoms with Gasteiger partial charge < -0.3 is 4.42 Å². The van der Waals surface area contributed by atoms with Crippen molar-refractivity contribution in [1.82, 2.24) is 4.31 Å². The third-order valence-electron chi connectivity index (χ3n) is 2.70. The molecule has 0 amide bonds. The van der Waals surface area contributed by atoms with E-state index < -0.39 is 15.8 Å². The van der Waals surface area contributed by atoms with E-state index in [0.717, 1.165) is 17.9 Å². The summed E-state index contributed by atoms with van der Waals surface area (Å²) in [5.41, 5.74) is 0. The number of benzene rings is 1. The van der Waals surface area contributed by atoms with Crippen LogP contribution in [0.1, 0.15) is 11.5 Å². The predicted molar refractivity (Wildman–Crippen MR) is 68.5 cm³/mol. The minimum atomic E-state index is -3.64. The number of sulfonamides is 1. The van der Waals surface area contributed by atoms with E-state index in [9.17, 15) is 12.8 Å². The first-order valence-corrected chi connectivity index (χ1v) is 7.11. The molecule has 0 spiro atoms. The molecule has 1 aromatic carbocycles. The maximum atomic E-state index is 12.8. The van der Waals surface area contributed by atoms with Gasteiger partial charge in [0.15, 0.2) is 0 Å². The smallest absolute Gasteiger partial charge is 0.243 e. The molecular formula is C13H14FNO3S. The van der Waals surface area contributed by atoms with Crippen molar-refractivity contribution in [2.24, 2.45) is 0 Å². The summed E-state index contributed by atoms with van der Waals surface area (Å²) in [5.74, 6) is 0.816. The zero-order chi connectivity index (χ0) is 14.0. The Morgan fingerprint density at radius 3 is 2.32 bits per heavy atom. The summed E-state index contributed by atoms with van der Waals surface area (Å²) < 4.78 is 43.7. The molecule has 0 bridgehead atoms. The van der Waals surface area contributed by atoms with E-state index in [1.807, 2.05) is 0 Å². The molecule has 0 saturated carbocycles. The molecule has 0 aliphatic rings. The zero-order valence-corrected chi connectivity index (χ0v) is 11.4. The monoisotopic (exact) mass is 283 g/mol. The molecule has 0 aliphatic heterocycles. The molecule has 2 rings (SSSR count). The number of hydrogen-bond acceptors (Lipinski definition) is 3. The Hall–Kier alpha value is -1.66.